The van der Waals surface area contributed by atoms with Crippen LogP contribution in [0.4, 0.5) is 0 Å². The van der Waals surface area contributed by atoms with Crippen molar-refractivity contribution in [3.05, 3.63) is 65.2 Å². The van der Waals surface area contributed by atoms with Gasteiger partial charge >= 0.3 is 5.97 Å². The maximum atomic E-state index is 12.0. The molecule has 6 nitrogen and oxygen atoms in total. The third kappa shape index (κ3) is 5.93. The second kappa shape index (κ2) is 9.44. The van der Waals surface area contributed by atoms with Crippen molar-refractivity contribution in [3.63, 3.8) is 0 Å². The largest absolute Gasteiger partial charge is 0.497 e. The zero-order valence-electron chi connectivity index (χ0n) is 14.3. The number of methoxy groups -OCH3 is 2. The zero-order chi connectivity index (χ0) is 18.1. The Kier molecular flexibility index (Phi) is 6.98. The average Bonchev–Trinajstić information content (AvgIpc) is 2.65. The van der Waals surface area contributed by atoms with E-state index in [1.165, 1.54) is 0 Å². The van der Waals surface area contributed by atoms with Crippen LogP contribution in [0.2, 0.25) is 0 Å². The second-order valence-corrected chi connectivity index (χ2v) is 5.34. The van der Waals surface area contributed by atoms with Crippen LogP contribution in [0.25, 0.3) is 0 Å². The summed E-state index contributed by atoms with van der Waals surface area (Å²) in [5, 5.41) is 2.70. The van der Waals surface area contributed by atoms with E-state index >= 15 is 0 Å². The third-order valence-electron chi connectivity index (χ3n) is 3.43. The molecule has 0 unspecified atom stereocenters. The number of hydrogen-bond donors (Lipinski definition) is 1. The highest BCUT2D eigenvalue weighted by atomic mass is 16.5. The van der Waals surface area contributed by atoms with Gasteiger partial charge in [-0.05, 0) is 35.4 Å². The van der Waals surface area contributed by atoms with E-state index in [0.29, 0.717) is 24.5 Å². The van der Waals surface area contributed by atoms with Crippen LogP contribution in [0.15, 0.2) is 48.5 Å². The minimum absolute atomic E-state index is 0.330. The fourth-order valence-electron chi connectivity index (χ4n) is 2.20. The molecule has 2 rings (SSSR count). The molecule has 1 amide bonds. The van der Waals surface area contributed by atoms with Crippen molar-refractivity contribution < 1.29 is 23.8 Å². The highest BCUT2D eigenvalue weighted by molar-refractivity contribution is 5.91. The SMILES string of the molecule is COCc1cccc(C(=O)OCC(=O)NCc2cccc(OC)c2)c1. The lowest BCUT2D eigenvalue weighted by atomic mass is 10.1. The molecular weight excluding hydrogens is 322 g/mol. The number of amides is 1. The summed E-state index contributed by atoms with van der Waals surface area (Å²) >= 11 is 0. The van der Waals surface area contributed by atoms with Crippen LogP contribution in [-0.4, -0.2) is 32.7 Å². The first-order chi connectivity index (χ1) is 12.1. The van der Waals surface area contributed by atoms with Crippen LogP contribution in [0.5, 0.6) is 5.75 Å². The molecule has 0 radical (unpaired) electrons. The summed E-state index contributed by atoms with van der Waals surface area (Å²) in [6.07, 6.45) is 0. The Labute approximate surface area is 146 Å². The number of nitrogens with one attached hydrogen (secondary N) is 1. The predicted molar refractivity (Wildman–Crippen MR) is 92.3 cm³/mol. The summed E-state index contributed by atoms with van der Waals surface area (Å²) in [6.45, 7) is 0.399. The van der Waals surface area contributed by atoms with Gasteiger partial charge in [0.25, 0.3) is 5.91 Å². The van der Waals surface area contributed by atoms with E-state index in [0.717, 1.165) is 11.1 Å². The van der Waals surface area contributed by atoms with Gasteiger partial charge in [0, 0.05) is 13.7 Å². The summed E-state index contributed by atoms with van der Waals surface area (Å²) in [7, 11) is 3.16. The molecule has 1 N–H and O–H groups in total. The topological polar surface area (TPSA) is 73.9 Å². The lowest BCUT2D eigenvalue weighted by Crippen LogP contribution is -2.28. The molecule has 2 aromatic carbocycles. The number of carbonyl (C=O) groups is 2. The predicted octanol–water partition coefficient (Wildman–Crippen LogP) is 2.31. The van der Waals surface area contributed by atoms with Crippen molar-refractivity contribution in [2.45, 2.75) is 13.2 Å². The lowest BCUT2D eigenvalue weighted by molar-refractivity contribution is -0.124. The van der Waals surface area contributed by atoms with E-state index < -0.39 is 5.97 Å². The van der Waals surface area contributed by atoms with Gasteiger partial charge < -0.3 is 19.5 Å². The molecule has 0 heterocycles. The molecule has 0 aliphatic rings. The van der Waals surface area contributed by atoms with Crippen molar-refractivity contribution in [3.8, 4) is 5.75 Å². The molecule has 2 aromatic rings. The molecule has 0 aliphatic heterocycles. The van der Waals surface area contributed by atoms with Gasteiger partial charge in [-0.25, -0.2) is 4.79 Å². The minimum atomic E-state index is -0.547. The van der Waals surface area contributed by atoms with Gasteiger partial charge in [0.2, 0.25) is 0 Å². The molecule has 0 fully saturated rings. The van der Waals surface area contributed by atoms with Gasteiger partial charge in [0.1, 0.15) is 5.75 Å². The Morgan fingerprint density at radius 1 is 1.00 bits per heavy atom. The number of benzene rings is 2. The Bertz CT molecular complexity index is 729. The summed E-state index contributed by atoms with van der Waals surface area (Å²) in [5.41, 5.74) is 2.14. The Balaban J connectivity index is 1.81. The van der Waals surface area contributed by atoms with Crippen LogP contribution in [0.1, 0.15) is 21.5 Å². The Morgan fingerprint density at radius 2 is 1.76 bits per heavy atom. The summed E-state index contributed by atoms with van der Waals surface area (Å²) in [5.74, 6) is -0.201. The summed E-state index contributed by atoms with van der Waals surface area (Å²) in [6, 6.07) is 14.3. The third-order valence-corrected chi connectivity index (χ3v) is 3.43. The van der Waals surface area contributed by atoms with Gasteiger partial charge in [-0.1, -0.05) is 24.3 Å². The van der Waals surface area contributed by atoms with Crippen LogP contribution in [0.3, 0.4) is 0 Å². The maximum absolute atomic E-state index is 12.0. The van der Waals surface area contributed by atoms with Crippen molar-refractivity contribution in [1.29, 1.82) is 0 Å². The van der Waals surface area contributed by atoms with Gasteiger partial charge in [0.05, 0.1) is 19.3 Å². The van der Waals surface area contributed by atoms with Crippen molar-refractivity contribution in [1.82, 2.24) is 5.32 Å². The quantitative estimate of drug-likeness (QED) is 0.745. The molecule has 0 atom stereocenters. The molecule has 132 valence electrons. The molecule has 0 aliphatic carbocycles. The highest BCUT2D eigenvalue weighted by Gasteiger charge is 2.10. The summed E-state index contributed by atoms with van der Waals surface area (Å²) < 4.78 is 15.2. The fourth-order valence-corrected chi connectivity index (χ4v) is 2.20. The number of ether oxygens (including phenoxy) is 3. The monoisotopic (exact) mass is 343 g/mol. The Hall–Kier alpha value is -2.86. The molecule has 0 aromatic heterocycles. The maximum Gasteiger partial charge on any atom is 0.338 e. The molecule has 0 saturated carbocycles. The number of carbonyl (C=O) groups excluding carboxylic acids is 2. The van der Waals surface area contributed by atoms with Gasteiger partial charge in [0.15, 0.2) is 6.61 Å². The highest BCUT2D eigenvalue weighted by Crippen LogP contribution is 2.12. The standard InChI is InChI=1S/C19H21NO5/c1-23-12-15-6-3-7-16(9-15)19(22)25-13-18(21)20-11-14-5-4-8-17(10-14)24-2/h3-10H,11-13H2,1-2H3,(H,20,21). The summed E-state index contributed by atoms with van der Waals surface area (Å²) in [4.78, 5) is 23.8. The first-order valence-corrected chi connectivity index (χ1v) is 7.77. The van der Waals surface area contributed by atoms with E-state index in [4.69, 9.17) is 14.2 Å². The smallest absolute Gasteiger partial charge is 0.338 e. The van der Waals surface area contributed by atoms with Crippen molar-refractivity contribution in [2.75, 3.05) is 20.8 Å². The van der Waals surface area contributed by atoms with Gasteiger partial charge in [-0.15, -0.1) is 0 Å². The zero-order valence-corrected chi connectivity index (χ0v) is 14.3. The average molecular weight is 343 g/mol. The van der Waals surface area contributed by atoms with E-state index in [9.17, 15) is 9.59 Å². The first-order valence-electron chi connectivity index (χ1n) is 7.77. The van der Waals surface area contributed by atoms with Crippen LogP contribution < -0.4 is 10.1 Å². The molecule has 0 saturated heterocycles. The first kappa shape index (κ1) is 18.5. The fraction of sp³-hybridized carbons (Fsp3) is 0.263. The van der Waals surface area contributed by atoms with E-state index in [2.05, 4.69) is 5.32 Å². The van der Waals surface area contributed by atoms with E-state index in [1.54, 1.807) is 32.4 Å². The van der Waals surface area contributed by atoms with Crippen LogP contribution >= 0.6 is 0 Å². The van der Waals surface area contributed by atoms with Crippen LogP contribution in [-0.2, 0) is 27.4 Å². The van der Waals surface area contributed by atoms with Gasteiger partial charge in [-0.3, -0.25) is 4.79 Å². The van der Waals surface area contributed by atoms with Crippen molar-refractivity contribution >= 4 is 11.9 Å². The molecule has 6 heteroatoms. The van der Waals surface area contributed by atoms with E-state index in [-0.39, 0.29) is 12.5 Å². The van der Waals surface area contributed by atoms with Crippen LogP contribution in [0, 0.1) is 0 Å². The molecular formula is C19H21NO5. The normalized spacial score (nSPS) is 10.2. The molecule has 25 heavy (non-hydrogen) atoms. The van der Waals surface area contributed by atoms with E-state index in [1.807, 2.05) is 30.3 Å². The Morgan fingerprint density at radius 3 is 2.52 bits per heavy atom. The molecule has 0 spiro atoms. The second-order valence-electron chi connectivity index (χ2n) is 5.34. The minimum Gasteiger partial charge on any atom is -0.497 e. The lowest BCUT2D eigenvalue weighted by Gasteiger charge is -2.08. The number of hydrogen-bond acceptors (Lipinski definition) is 5. The number of rotatable bonds is 8. The molecule has 0 bridgehead atoms. The number of esters is 1. The van der Waals surface area contributed by atoms with Gasteiger partial charge in [-0.2, -0.15) is 0 Å². The van der Waals surface area contributed by atoms with Crippen molar-refractivity contribution in [2.24, 2.45) is 0 Å².